The molecule has 2 fully saturated rings. The van der Waals surface area contributed by atoms with Crippen LogP contribution in [0.4, 0.5) is 5.82 Å². The highest BCUT2D eigenvalue weighted by molar-refractivity contribution is 7.89. The van der Waals surface area contributed by atoms with Crippen molar-refractivity contribution in [1.82, 2.24) is 4.98 Å². The maximum atomic E-state index is 11.6. The first kappa shape index (κ1) is 11.9. The first-order valence-corrected chi connectivity index (χ1v) is 7.78. The number of nitrogens with zero attached hydrogens (tertiary/aromatic N) is 2. The molecule has 1 aromatic rings. The lowest BCUT2D eigenvalue weighted by Crippen LogP contribution is -2.38. The van der Waals surface area contributed by atoms with Crippen LogP contribution in [0.25, 0.3) is 0 Å². The van der Waals surface area contributed by atoms with Crippen molar-refractivity contribution in [2.24, 2.45) is 10.6 Å². The summed E-state index contributed by atoms with van der Waals surface area (Å²) < 4.78 is 23.2. The van der Waals surface area contributed by atoms with Crippen LogP contribution in [0.2, 0.25) is 0 Å². The van der Waals surface area contributed by atoms with Gasteiger partial charge in [0, 0.05) is 19.3 Å². The van der Waals surface area contributed by atoms with Gasteiger partial charge < -0.3 is 4.90 Å². The molecule has 1 spiro atoms. The average Bonchev–Trinajstić information content (AvgIpc) is 3.07. The van der Waals surface area contributed by atoms with Crippen LogP contribution >= 0.6 is 0 Å². The van der Waals surface area contributed by atoms with Crippen molar-refractivity contribution in [3.05, 3.63) is 18.3 Å². The van der Waals surface area contributed by atoms with Gasteiger partial charge in [-0.1, -0.05) is 0 Å². The highest BCUT2D eigenvalue weighted by Crippen LogP contribution is 2.52. The predicted octanol–water partition coefficient (Wildman–Crippen LogP) is 1.11. The Balaban J connectivity index is 1.96. The largest absolute Gasteiger partial charge is 0.355 e. The molecule has 0 radical (unpaired) electrons. The molecule has 0 amide bonds. The van der Waals surface area contributed by atoms with Crippen LogP contribution in [0.3, 0.4) is 0 Å². The summed E-state index contributed by atoms with van der Waals surface area (Å²) in [5.41, 5.74) is 0.422. The summed E-state index contributed by atoms with van der Waals surface area (Å²) >= 11 is 0. The van der Waals surface area contributed by atoms with Gasteiger partial charge in [-0.25, -0.2) is 18.5 Å². The number of anilines is 1. The number of hydrogen-bond acceptors (Lipinski definition) is 4. The van der Waals surface area contributed by atoms with Crippen molar-refractivity contribution in [1.29, 1.82) is 0 Å². The normalized spacial score (nSPS) is 22.2. The summed E-state index contributed by atoms with van der Waals surface area (Å²) in [4.78, 5) is 6.45. The van der Waals surface area contributed by atoms with Crippen molar-refractivity contribution in [2.45, 2.75) is 30.6 Å². The Morgan fingerprint density at radius 1 is 1.33 bits per heavy atom. The molecule has 6 heteroatoms. The van der Waals surface area contributed by atoms with Gasteiger partial charge in [0.2, 0.25) is 10.0 Å². The molecule has 0 aromatic carbocycles. The van der Waals surface area contributed by atoms with Gasteiger partial charge >= 0.3 is 0 Å². The fourth-order valence-electron chi connectivity index (χ4n) is 2.82. The van der Waals surface area contributed by atoms with Gasteiger partial charge in [0.1, 0.15) is 10.7 Å². The molecule has 2 aliphatic rings. The maximum Gasteiger partial charge on any atom is 0.241 e. The SMILES string of the molecule is NS(=O)(=O)c1cccnc1N1CCCC2(CC2)C1. The fraction of sp³-hybridized carbons (Fsp3) is 0.583. The smallest absolute Gasteiger partial charge is 0.241 e. The van der Waals surface area contributed by atoms with E-state index in [2.05, 4.69) is 9.88 Å². The Hall–Kier alpha value is -1.14. The van der Waals surface area contributed by atoms with E-state index in [1.807, 2.05) is 0 Å². The van der Waals surface area contributed by atoms with Crippen molar-refractivity contribution < 1.29 is 8.42 Å². The van der Waals surface area contributed by atoms with E-state index < -0.39 is 10.0 Å². The number of nitrogens with two attached hydrogens (primary N) is 1. The van der Waals surface area contributed by atoms with Crippen molar-refractivity contribution in [2.75, 3.05) is 18.0 Å². The van der Waals surface area contributed by atoms with Crippen molar-refractivity contribution >= 4 is 15.8 Å². The van der Waals surface area contributed by atoms with Gasteiger partial charge in [-0.15, -0.1) is 0 Å². The Kier molecular flexibility index (Phi) is 2.60. The second kappa shape index (κ2) is 3.93. The Morgan fingerprint density at radius 2 is 2.11 bits per heavy atom. The summed E-state index contributed by atoms with van der Waals surface area (Å²) in [6, 6.07) is 3.14. The first-order chi connectivity index (χ1) is 8.50. The van der Waals surface area contributed by atoms with E-state index in [0.717, 1.165) is 19.5 Å². The zero-order valence-electron chi connectivity index (χ0n) is 10.2. The first-order valence-electron chi connectivity index (χ1n) is 6.23. The molecule has 1 aromatic heterocycles. The molecule has 18 heavy (non-hydrogen) atoms. The lowest BCUT2D eigenvalue weighted by molar-refractivity contribution is 0.392. The van der Waals surface area contributed by atoms with Gasteiger partial charge in [-0.3, -0.25) is 0 Å². The monoisotopic (exact) mass is 267 g/mol. The van der Waals surface area contributed by atoms with E-state index in [1.54, 1.807) is 12.3 Å². The lowest BCUT2D eigenvalue weighted by Gasteiger charge is -2.34. The highest BCUT2D eigenvalue weighted by Gasteiger charge is 2.46. The third kappa shape index (κ3) is 2.10. The zero-order chi connectivity index (χ0) is 12.8. The van der Waals surface area contributed by atoms with Crippen LogP contribution in [0.15, 0.2) is 23.2 Å². The molecule has 98 valence electrons. The van der Waals surface area contributed by atoms with E-state index in [1.165, 1.54) is 25.3 Å². The van der Waals surface area contributed by atoms with Crippen LogP contribution in [0, 0.1) is 5.41 Å². The molecular formula is C12H17N3O2S. The summed E-state index contributed by atoms with van der Waals surface area (Å²) in [5.74, 6) is 0.519. The maximum absolute atomic E-state index is 11.6. The average molecular weight is 267 g/mol. The number of pyridine rings is 1. The number of primary sulfonamides is 1. The summed E-state index contributed by atoms with van der Waals surface area (Å²) in [6.45, 7) is 1.77. The number of aromatic nitrogens is 1. The third-order valence-electron chi connectivity index (χ3n) is 3.98. The van der Waals surface area contributed by atoms with E-state index in [9.17, 15) is 8.42 Å². The van der Waals surface area contributed by atoms with E-state index >= 15 is 0 Å². The molecule has 0 bridgehead atoms. The van der Waals surface area contributed by atoms with Gasteiger partial charge in [0.05, 0.1) is 0 Å². The summed E-state index contributed by atoms with van der Waals surface area (Å²) in [5, 5.41) is 5.25. The minimum Gasteiger partial charge on any atom is -0.355 e. The number of piperidine rings is 1. The van der Waals surface area contributed by atoms with E-state index in [4.69, 9.17) is 5.14 Å². The predicted molar refractivity (Wildman–Crippen MR) is 68.7 cm³/mol. The lowest BCUT2D eigenvalue weighted by atomic mass is 9.95. The minimum atomic E-state index is -3.70. The molecule has 3 rings (SSSR count). The molecule has 0 unspecified atom stereocenters. The van der Waals surface area contributed by atoms with Crippen LogP contribution in [0.1, 0.15) is 25.7 Å². The van der Waals surface area contributed by atoms with Gasteiger partial charge in [0.15, 0.2) is 0 Å². The topological polar surface area (TPSA) is 76.3 Å². The third-order valence-corrected chi connectivity index (χ3v) is 4.91. The molecule has 0 atom stereocenters. The van der Waals surface area contributed by atoms with Gasteiger partial charge in [0.25, 0.3) is 0 Å². The van der Waals surface area contributed by atoms with Crippen molar-refractivity contribution in [3.63, 3.8) is 0 Å². The molecule has 1 aliphatic heterocycles. The van der Waals surface area contributed by atoms with Crippen LogP contribution in [-0.4, -0.2) is 26.5 Å². The highest BCUT2D eigenvalue weighted by atomic mass is 32.2. The number of sulfonamides is 1. The Bertz CT molecular complexity index is 566. The van der Waals surface area contributed by atoms with Crippen LogP contribution < -0.4 is 10.0 Å². The quantitative estimate of drug-likeness (QED) is 0.871. The van der Waals surface area contributed by atoms with E-state index in [-0.39, 0.29) is 4.90 Å². The Morgan fingerprint density at radius 3 is 2.78 bits per heavy atom. The fourth-order valence-corrected chi connectivity index (χ4v) is 3.52. The molecular weight excluding hydrogens is 250 g/mol. The summed E-state index contributed by atoms with van der Waals surface area (Å²) in [7, 11) is -3.70. The summed E-state index contributed by atoms with van der Waals surface area (Å²) in [6.07, 6.45) is 6.47. The second-order valence-corrected chi connectivity index (χ2v) is 6.93. The van der Waals surface area contributed by atoms with Gasteiger partial charge in [-0.05, 0) is 43.2 Å². The molecule has 5 nitrogen and oxygen atoms in total. The number of hydrogen-bond donors (Lipinski definition) is 1. The number of rotatable bonds is 2. The standard InChI is InChI=1S/C12H17N3O2S/c13-18(16,17)10-3-1-7-14-11(10)15-8-2-4-12(9-15)5-6-12/h1,3,7H,2,4-6,8-9H2,(H2,13,16,17). The molecule has 2 N–H and O–H groups in total. The molecule has 1 saturated heterocycles. The van der Waals surface area contributed by atoms with Crippen LogP contribution in [0.5, 0.6) is 0 Å². The molecule has 2 heterocycles. The van der Waals surface area contributed by atoms with E-state index in [0.29, 0.717) is 11.2 Å². The minimum absolute atomic E-state index is 0.141. The van der Waals surface area contributed by atoms with Gasteiger partial charge in [-0.2, -0.15) is 0 Å². The zero-order valence-corrected chi connectivity index (χ0v) is 11.0. The second-order valence-electron chi connectivity index (χ2n) is 5.40. The van der Waals surface area contributed by atoms with Crippen LogP contribution in [-0.2, 0) is 10.0 Å². The molecule has 1 saturated carbocycles. The molecule has 1 aliphatic carbocycles. The van der Waals surface area contributed by atoms with Crippen molar-refractivity contribution in [3.8, 4) is 0 Å². The Labute approximate surface area is 107 Å².